The Morgan fingerprint density at radius 2 is 1.95 bits per heavy atom. The zero-order chi connectivity index (χ0) is 15.0. The minimum atomic E-state index is -0.274. The highest BCUT2D eigenvalue weighted by atomic mass is 16.1. The summed E-state index contributed by atoms with van der Waals surface area (Å²) in [5.41, 5.74) is 5.53. The Hall–Kier alpha value is -0.940. The van der Waals surface area contributed by atoms with Crippen molar-refractivity contribution >= 4 is 12.2 Å². The molecule has 1 saturated carbocycles. The molecule has 0 bridgehead atoms. The second-order valence-corrected chi connectivity index (χ2v) is 6.00. The summed E-state index contributed by atoms with van der Waals surface area (Å²) in [7, 11) is 3.77. The van der Waals surface area contributed by atoms with Gasteiger partial charge in [0.1, 0.15) is 0 Å². The Labute approximate surface area is 122 Å². The van der Waals surface area contributed by atoms with Gasteiger partial charge >= 0.3 is 0 Å². The lowest BCUT2D eigenvalue weighted by Gasteiger charge is -2.33. The van der Waals surface area contributed by atoms with Gasteiger partial charge in [0, 0.05) is 6.04 Å². The molecule has 1 aliphatic carbocycles. The average Bonchev–Trinajstić information content (AvgIpc) is 2.91. The summed E-state index contributed by atoms with van der Waals surface area (Å²) in [4.78, 5) is 27.6. The summed E-state index contributed by atoms with van der Waals surface area (Å²) < 4.78 is 0. The summed E-state index contributed by atoms with van der Waals surface area (Å²) in [6.07, 6.45) is 7.80. The molecule has 5 heteroatoms. The Bertz CT molecular complexity index is 301. The molecule has 0 unspecified atom stereocenters. The van der Waals surface area contributed by atoms with Gasteiger partial charge in [0.25, 0.3) is 0 Å². The number of nitrogens with zero attached hydrogens (tertiary/aromatic N) is 2. The van der Waals surface area contributed by atoms with E-state index in [9.17, 15) is 9.59 Å². The van der Waals surface area contributed by atoms with Crippen molar-refractivity contribution in [2.24, 2.45) is 5.73 Å². The molecule has 1 aliphatic rings. The van der Waals surface area contributed by atoms with Crippen LogP contribution in [0.15, 0.2) is 0 Å². The van der Waals surface area contributed by atoms with Crippen molar-refractivity contribution in [3.63, 3.8) is 0 Å². The number of carbonyl (C=O) groups excluding carboxylic acids is 2. The third-order valence-electron chi connectivity index (χ3n) is 4.00. The van der Waals surface area contributed by atoms with Gasteiger partial charge in [-0.15, -0.1) is 0 Å². The van der Waals surface area contributed by atoms with Crippen molar-refractivity contribution in [1.82, 2.24) is 9.80 Å². The number of rotatable bonds is 10. The van der Waals surface area contributed by atoms with E-state index in [1.165, 1.54) is 0 Å². The summed E-state index contributed by atoms with van der Waals surface area (Å²) in [6.45, 7) is 1.03. The van der Waals surface area contributed by atoms with Crippen molar-refractivity contribution in [1.29, 1.82) is 0 Å². The lowest BCUT2D eigenvalue weighted by atomic mass is 10.0. The monoisotopic (exact) mass is 283 g/mol. The zero-order valence-electron chi connectivity index (χ0n) is 12.9. The lowest BCUT2D eigenvalue weighted by molar-refractivity contribution is -0.134. The number of likely N-dealkylation sites (N-methyl/N-ethyl adjacent to an activating group) is 1. The number of amides is 1. The Kier molecular flexibility index (Phi) is 7.77. The molecule has 0 aromatic heterocycles. The highest BCUT2D eigenvalue weighted by Gasteiger charge is 2.31. The molecule has 5 nitrogen and oxygen atoms in total. The van der Waals surface area contributed by atoms with Gasteiger partial charge < -0.3 is 15.5 Å². The van der Waals surface area contributed by atoms with Crippen LogP contribution in [0.2, 0.25) is 0 Å². The maximum atomic E-state index is 12.4. The molecule has 0 radical (unpaired) electrons. The molecule has 1 fully saturated rings. The van der Waals surface area contributed by atoms with Crippen molar-refractivity contribution < 1.29 is 9.59 Å². The van der Waals surface area contributed by atoms with Crippen LogP contribution in [0.3, 0.4) is 0 Å². The summed E-state index contributed by atoms with van der Waals surface area (Å²) >= 11 is 0. The maximum Gasteiger partial charge on any atom is 0.210 e. The topological polar surface area (TPSA) is 66.6 Å². The quantitative estimate of drug-likeness (QED) is 0.480. The molecule has 0 saturated heterocycles. The van der Waals surface area contributed by atoms with Crippen LogP contribution < -0.4 is 5.73 Å². The number of ketones is 1. The van der Waals surface area contributed by atoms with E-state index in [4.69, 9.17) is 5.73 Å². The first-order valence-corrected chi connectivity index (χ1v) is 7.70. The fraction of sp³-hybridized carbons (Fsp3) is 0.867. The van der Waals surface area contributed by atoms with Gasteiger partial charge in [-0.1, -0.05) is 12.8 Å². The first-order chi connectivity index (χ1) is 9.60. The molecule has 0 aliphatic heterocycles. The molecule has 0 aromatic rings. The third-order valence-corrected chi connectivity index (χ3v) is 4.00. The van der Waals surface area contributed by atoms with Gasteiger partial charge in [0.15, 0.2) is 5.78 Å². The van der Waals surface area contributed by atoms with Crippen molar-refractivity contribution in [2.45, 2.75) is 57.0 Å². The van der Waals surface area contributed by atoms with Crippen LogP contribution in [-0.4, -0.2) is 61.3 Å². The van der Waals surface area contributed by atoms with Crippen LogP contribution in [-0.2, 0) is 9.59 Å². The summed E-state index contributed by atoms with van der Waals surface area (Å²) in [5, 5.41) is 0. The molecule has 2 N–H and O–H groups in total. The van der Waals surface area contributed by atoms with E-state index in [1.54, 1.807) is 4.90 Å². The van der Waals surface area contributed by atoms with Crippen LogP contribution in [0, 0.1) is 0 Å². The van der Waals surface area contributed by atoms with E-state index in [-0.39, 0.29) is 17.9 Å². The van der Waals surface area contributed by atoms with E-state index >= 15 is 0 Å². The number of unbranched alkanes of at least 4 members (excludes halogenated alkanes) is 1. The van der Waals surface area contributed by atoms with Crippen LogP contribution in [0.4, 0.5) is 0 Å². The number of nitrogens with two attached hydrogens (primary N) is 1. The number of Topliss-reactive ketones (excluding diaryl/α,β-unsaturated/α-hetero) is 1. The van der Waals surface area contributed by atoms with Gasteiger partial charge in [-0.25, -0.2) is 0 Å². The minimum Gasteiger partial charge on any atom is -0.332 e. The van der Waals surface area contributed by atoms with Crippen LogP contribution >= 0.6 is 0 Å². The van der Waals surface area contributed by atoms with E-state index in [0.717, 1.165) is 51.4 Å². The van der Waals surface area contributed by atoms with Gasteiger partial charge in [0.2, 0.25) is 6.41 Å². The van der Waals surface area contributed by atoms with Crippen LogP contribution in [0.1, 0.15) is 44.9 Å². The van der Waals surface area contributed by atoms with Gasteiger partial charge in [0.05, 0.1) is 12.6 Å². The van der Waals surface area contributed by atoms with Gasteiger partial charge in [-0.05, 0) is 52.7 Å². The van der Waals surface area contributed by atoms with Crippen molar-refractivity contribution in [2.75, 3.05) is 27.2 Å². The Balaban J connectivity index is 2.71. The van der Waals surface area contributed by atoms with Crippen molar-refractivity contribution in [3.05, 3.63) is 0 Å². The standard InChI is InChI=1S/C15H29N3O2/c1-17(2)11-15(20)14(9-5-6-10-16)18(12-19)13-7-3-4-8-13/h12-14H,3-11,16H2,1-2H3/t14-/m0/s1. The molecule has 0 aromatic carbocycles. The van der Waals surface area contributed by atoms with E-state index in [1.807, 2.05) is 19.0 Å². The first kappa shape index (κ1) is 17.1. The fourth-order valence-electron chi connectivity index (χ4n) is 2.99. The zero-order valence-corrected chi connectivity index (χ0v) is 12.9. The number of hydrogen-bond donors (Lipinski definition) is 1. The van der Waals surface area contributed by atoms with E-state index < -0.39 is 0 Å². The predicted molar refractivity (Wildman–Crippen MR) is 80.4 cm³/mol. The molecular formula is C15H29N3O2. The second kappa shape index (κ2) is 9.08. The number of hydrogen-bond acceptors (Lipinski definition) is 4. The van der Waals surface area contributed by atoms with E-state index in [0.29, 0.717) is 13.1 Å². The highest BCUT2D eigenvalue weighted by molar-refractivity contribution is 5.87. The van der Waals surface area contributed by atoms with E-state index in [2.05, 4.69) is 0 Å². The highest BCUT2D eigenvalue weighted by Crippen LogP contribution is 2.25. The molecule has 20 heavy (non-hydrogen) atoms. The average molecular weight is 283 g/mol. The lowest BCUT2D eigenvalue weighted by Crippen LogP contribution is -2.48. The molecule has 0 spiro atoms. The molecule has 0 heterocycles. The SMILES string of the molecule is CN(C)CC(=O)[C@H](CCCCN)N(C=O)C1CCCC1. The van der Waals surface area contributed by atoms with Crippen molar-refractivity contribution in [3.8, 4) is 0 Å². The predicted octanol–water partition coefficient (Wildman–Crippen LogP) is 1.02. The second-order valence-electron chi connectivity index (χ2n) is 6.00. The first-order valence-electron chi connectivity index (χ1n) is 7.70. The molecule has 116 valence electrons. The van der Waals surface area contributed by atoms with Crippen LogP contribution in [0.25, 0.3) is 0 Å². The van der Waals surface area contributed by atoms with Crippen LogP contribution in [0.5, 0.6) is 0 Å². The Morgan fingerprint density at radius 3 is 2.45 bits per heavy atom. The summed E-state index contributed by atoms with van der Waals surface area (Å²) in [6, 6.07) is -0.0222. The maximum absolute atomic E-state index is 12.4. The number of carbonyl (C=O) groups is 2. The van der Waals surface area contributed by atoms with Gasteiger partial charge in [-0.2, -0.15) is 0 Å². The fourth-order valence-corrected chi connectivity index (χ4v) is 2.99. The molecule has 1 amide bonds. The van der Waals surface area contributed by atoms with Gasteiger partial charge in [-0.3, -0.25) is 9.59 Å². The molecule has 1 rings (SSSR count). The summed E-state index contributed by atoms with van der Waals surface area (Å²) in [5.74, 6) is 0.144. The third kappa shape index (κ3) is 5.21. The smallest absolute Gasteiger partial charge is 0.210 e. The normalized spacial score (nSPS) is 17.4. The largest absolute Gasteiger partial charge is 0.332 e. The Morgan fingerprint density at radius 1 is 1.30 bits per heavy atom. The molecule has 1 atom stereocenters. The minimum absolute atomic E-state index is 0.144. The molecular weight excluding hydrogens is 254 g/mol.